The van der Waals surface area contributed by atoms with Crippen LogP contribution in [0.25, 0.3) is 0 Å². The monoisotopic (exact) mass is 238 g/mol. The topological polar surface area (TPSA) is 26.3 Å². The highest BCUT2D eigenvalue weighted by Crippen LogP contribution is 2.61. The summed E-state index contributed by atoms with van der Waals surface area (Å²) in [6, 6.07) is 0. The van der Waals surface area contributed by atoms with Gasteiger partial charge in [0.2, 0.25) is 0 Å². The first-order valence-corrected chi connectivity index (χ1v) is 6.34. The highest BCUT2D eigenvalue weighted by molar-refractivity contribution is 5.87. The lowest BCUT2D eigenvalue weighted by atomic mass is 9.63. The molecule has 98 valence electrons. The quantitative estimate of drug-likeness (QED) is 0.537. The van der Waals surface area contributed by atoms with Gasteiger partial charge in [-0.05, 0) is 31.6 Å². The van der Waals surface area contributed by atoms with E-state index in [0.29, 0.717) is 11.5 Å². The molecule has 0 aromatic carbocycles. The van der Waals surface area contributed by atoms with Crippen molar-refractivity contribution in [1.82, 2.24) is 0 Å². The van der Waals surface area contributed by atoms with Gasteiger partial charge in [0, 0.05) is 11.0 Å². The maximum absolute atomic E-state index is 11.8. The van der Waals surface area contributed by atoms with Crippen molar-refractivity contribution < 1.29 is 9.53 Å². The Balaban J connectivity index is 3.06. The summed E-state index contributed by atoms with van der Waals surface area (Å²) in [6.45, 7) is 18.6. The molecule has 17 heavy (non-hydrogen) atoms. The fraction of sp³-hybridized carbons (Fsp3) is 0.800. The van der Waals surface area contributed by atoms with Crippen LogP contribution in [0.2, 0.25) is 0 Å². The maximum atomic E-state index is 11.8. The van der Waals surface area contributed by atoms with Crippen molar-refractivity contribution in [2.45, 2.75) is 60.5 Å². The van der Waals surface area contributed by atoms with Crippen LogP contribution in [0.5, 0.6) is 0 Å². The van der Waals surface area contributed by atoms with Gasteiger partial charge in [0.15, 0.2) is 0 Å². The van der Waals surface area contributed by atoms with Gasteiger partial charge in [0.05, 0.1) is 0 Å². The summed E-state index contributed by atoms with van der Waals surface area (Å²) in [5, 5.41) is 0. The molecule has 0 radical (unpaired) electrons. The maximum Gasteiger partial charge on any atom is 0.333 e. The molecule has 1 aliphatic carbocycles. The average Bonchev–Trinajstić information content (AvgIpc) is 2.25. The largest absolute Gasteiger partial charge is 0.455 e. The fourth-order valence-electron chi connectivity index (χ4n) is 2.85. The lowest BCUT2D eigenvalue weighted by Gasteiger charge is -2.45. The SMILES string of the molecule is C=C(C)C(=O)OC1(C)CC(C)C(C)(C)C1(C)C. The number of hydrogen-bond donors (Lipinski definition) is 0. The Kier molecular flexibility index (Phi) is 3.24. The second-order valence-corrected chi connectivity index (χ2v) is 6.85. The number of hydrogen-bond acceptors (Lipinski definition) is 2. The van der Waals surface area contributed by atoms with Crippen LogP contribution in [-0.4, -0.2) is 11.6 Å². The molecule has 0 amide bonds. The van der Waals surface area contributed by atoms with Gasteiger partial charge >= 0.3 is 5.97 Å². The third-order valence-corrected chi connectivity index (χ3v) is 5.53. The summed E-state index contributed by atoms with van der Waals surface area (Å²) in [6.07, 6.45) is 0.909. The molecule has 0 heterocycles. The van der Waals surface area contributed by atoms with Crippen molar-refractivity contribution in [2.75, 3.05) is 0 Å². The lowest BCUT2D eigenvalue weighted by Crippen LogP contribution is -2.47. The molecule has 0 aliphatic heterocycles. The molecule has 0 aromatic rings. The molecular formula is C15H26O2. The molecule has 1 fully saturated rings. The molecule has 1 aliphatic rings. The van der Waals surface area contributed by atoms with Crippen molar-refractivity contribution in [2.24, 2.45) is 16.7 Å². The summed E-state index contributed by atoms with van der Waals surface area (Å²) in [5.74, 6) is 0.255. The number of esters is 1. The molecule has 1 saturated carbocycles. The molecule has 0 spiro atoms. The fourth-order valence-corrected chi connectivity index (χ4v) is 2.85. The molecule has 0 bridgehead atoms. The predicted molar refractivity (Wildman–Crippen MR) is 70.7 cm³/mol. The van der Waals surface area contributed by atoms with Crippen LogP contribution in [0.3, 0.4) is 0 Å². The van der Waals surface area contributed by atoms with Crippen molar-refractivity contribution in [3.05, 3.63) is 12.2 Å². The van der Waals surface area contributed by atoms with E-state index in [4.69, 9.17) is 4.74 Å². The molecule has 0 aromatic heterocycles. The van der Waals surface area contributed by atoms with Crippen LogP contribution >= 0.6 is 0 Å². The Labute approximate surface area is 105 Å². The van der Waals surface area contributed by atoms with Gasteiger partial charge in [0.25, 0.3) is 0 Å². The Hall–Kier alpha value is -0.790. The standard InChI is InChI=1S/C15H26O2/c1-10(2)12(16)17-15(8)9-11(3)13(4,5)14(15,6)7/h11H,1,9H2,2-8H3. The second-order valence-electron chi connectivity index (χ2n) is 6.85. The van der Waals surface area contributed by atoms with E-state index >= 15 is 0 Å². The minimum atomic E-state index is -0.411. The van der Waals surface area contributed by atoms with Gasteiger partial charge in [-0.25, -0.2) is 4.79 Å². The molecule has 2 nitrogen and oxygen atoms in total. The summed E-state index contributed by atoms with van der Waals surface area (Å²) in [7, 11) is 0. The highest BCUT2D eigenvalue weighted by atomic mass is 16.6. The predicted octanol–water partition coefficient (Wildman–Crippen LogP) is 3.96. The normalized spacial score (nSPS) is 34.4. The second kappa shape index (κ2) is 3.86. The molecule has 2 unspecified atom stereocenters. The van der Waals surface area contributed by atoms with E-state index in [2.05, 4.69) is 48.1 Å². The van der Waals surface area contributed by atoms with E-state index < -0.39 is 5.60 Å². The van der Waals surface area contributed by atoms with E-state index in [0.717, 1.165) is 6.42 Å². The lowest BCUT2D eigenvalue weighted by molar-refractivity contribution is -0.167. The zero-order valence-corrected chi connectivity index (χ0v) is 12.3. The Morgan fingerprint density at radius 2 is 1.71 bits per heavy atom. The van der Waals surface area contributed by atoms with Crippen molar-refractivity contribution in [1.29, 1.82) is 0 Å². The summed E-state index contributed by atoms with van der Waals surface area (Å²) < 4.78 is 5.74. The van der Waals surface area contributed by atoms with Gasteiger partial charge in [-0.3, -0.25) is 0 Å². The average molecular weight is 238 g/mol. The van der Waals surface area contributed by atoms with Gasteiger partial charge in [0.1, 0.15) is 5.60 Å². The minimum absolute atomic E-state index is 0.0511. The Bertz CT molecular complexity index is 352. The van der Waals surface area contributed by atoms with Crippen LogP contribution in [-0.2, 0) is 9.53 Å². The first kappa shape index (κ1) is 14.3. The first-order chi connectivity index (χ1) is 7.46. The smallest absolute Gasteiger partial charge is 0.333 e. The van der Waals surface area contributed by atoms with Crippen LogP contribution < -0.4 is 0 Å². The van der Waals surface area contributed by atoms with Crippen LogP contribution in [0.4, 0.5) is 0 Å². The van der Waals surface area contributed by atoms with Crippen LogP contribution in [0.15, 0.2) is 12.2 Å². The minimum Gasteiger partial charge on any atom is -0.455 e. The highest BCUT2D eigenvalue weighted by Gasteiger charge is 2.61. The molecule has 1 rings (SSSR count). The summed E-state index contributed by atoms with van der Waals surface area (Å²) >= 11 is 0. The Morgan fingerprint density at radius 1 is 1.24 bits per heavy atom. The number of rotatable bonds is 2. The molecule has 2 atom stereocenters. The van der Waals surface area contributed by atoms with E-state index in [9.17, 15) is 4.79 Å². The van der Waals surface area contributed by atoms with Crippen molar-refractivity contribution in [3.63, 3.8) is 0 Å². The van der Waals surface area contributed by atoms with Crippen molar-refractivity contribution in [3.8, 4) is 0 Å². The number of ether oxygens (including phenoxy) is 1. The molecular weight excluding hydrogens is 212 g/mol. The van der Waals surface area contributed by atoms with Crippen LogP contribution in [0, 0.1) is 16.7 Å². The van der Waals surface area contributed by atoms with Gasteiger partial charge in [-0.15, -0.1) is 0 Å². The number of carbonyl (C=O) groups is 1. The van der Waals surface area contributed by atoms with E-state index in [1.165, 1.54) is 0 Å². The third-order valence-electron chi connectivity index (χ3n) is 5.53. The van der Waals surface area contributed by atoms with E-state index in [-0.39, 0.29) is 16.8 Å². The van der Waals surface area contributed by atoms with E-state index in [1.54, 1.807) is 6.92 Å². The molecule has 0 N–H and O–H groups in total. The van der Waals surface area contributed by atoms with Crippen LogP contribution in [0.1, 0.15) is 54.9 Å². The molecule has 2 heteroatoms. The zero-order chi connectivity index (χ0) is 13.6. The van der Waals surface area contributed by atoms with Crippen molar-refractivity contribution >= 4 is 5.97 Å². The summed E-state index contributed by atoms with van der Waals surface area (Å²) in [4.78, 5) is 11.8. The third kappa shape index (κ3) is 1.92. The Morgan fingerprint density at radius 3 is 2.00 bits per heavy atom. The zero-order valence-electron chi connectivity index (χ0n) is 12.3. The number of carbonyl (C=O) groups excluding carboxylic acids is 1. The summed E-state index contributed by atoms with van der Waals surface area (Å²) in [5.41, 5.74) is 0.160. The molecule has 0 saturated heterocycles. The van der Waals surface area contributed by atoms with E-state index in [1.807, 2.05) is 0 Å². The first-order valence-electron chi connectivity index (χ1n) is 6.34. The van der Waals surface area contributed by atoms with Gasteiger partial charge in [-0.2, -0.15) is 0 Å². The van der Waals surface area contributed by atoms with Gasteiger partial charge < -0.3 is 4.74 Å². The van der Waals surface area contributed by atoms with Gasteiger partial charge in [-0.1, -0.05) is 41.2 Å².